The first-order valence-corrected chi connectivity index (χ1v) is 8.22. The van der Waals surface area contributed by atoms with Gasteiger partial charge in [-0.05, 0) is 51.2 Å². The van der Waals surface area contributed by atoms with E-state index in [9.17, 15) is 0 Å². The first-order valence-electron chi connectivity index (χ1n) is 8.22. The summed E-state index contributed by atoms with van der Waals surface area (Å²) < 4.78 is 0. The molecule has 0 radical (unpaired) electrons. The zero-order valence-electron chi connectivity index (χ0n) is 12.9. The largest absolute Gasteiger partial charge is 0.314 e. The van der Waals surface area contributed by atoms with Crippen molar-refractivity contribution in [3.05, 3.63) is 0 Å². The molecule has 0 saturated carbocycles. The quantitative estimate of drug-likeness (QED) is 0.675. The number of hydrogen-bond donors (Lipinski definition) is 1. The number of likely N-dealkylation sites (tertiary alicyclic amines) is 1. The van der Waals surface area contributed by atoms with Gasteiger partial charge in [0.25, 0.3) is 0 Å². The molecule has 1 aliphatic heterocycles. The number of rotatable bonds is 9. The summed E-state index contributed by atoms with van der Waals surface area (Å²) >= 11 is 0. The predicted octanol–water partition coefficient (Wildman–Crippen LogP) is 3.67. The Morgan fingerprint density at radius 1 is 1.11 bits per heavy atom. The molecule has 2 atom stereocenters. The Morgan fingerprint density at radius 2 is 1.83 bits per heavy atom. The van der Waals surface area contributed by atoms with Gasteiger partial charge in [0.05, 0.1) is 0 Å². The molecule has 2 unspecified atom stereocenters. The molecule has 0 bridgehead atoms. The average molecular weight is 254 g/mol. The van der Waals surface area contributed by atoms with Crippen molar-refractivity contribution in [2.24, 2.45) is 5.92 Å². The zero-order chi connectivity index (χ0) is 13.2. The van der Waals surface area contributed by atoms with Gasteiger partial charge in [-0.2, -0.15) is 0 Å². The van der Waals surface area contributed by atoms with Gasteiger partial charge < -0.3 is 10.2 Å². The minimum atomic E-state index is 0.744. The summed E-state index contributed by atoms with van der Waals surface area (Å²) in [6.07, 6.45) is 9.58. The topological polar surface area (TPSA) is 15.3 Å². The van der Waals surface area contributed by atoms with Crippen LogP contribution in [-0.2, 0) is 0 Å². The summed E-state index contributed by atoms with van der Waals surface area (Å²) in [5.41, 5.74) is 0. The molecule has 1 fully saturated rings. The summed E-state index contributed by atoms with van der Waals surface area (Å²) in [5, 5.41) is 3.77. The minimum absolute atomic E-state index is 0.744. The van der Waals surface area contributed by atoms with Crippen LogP contribution >= 0.6 is 0 Å². The molecule has 18 heavy (non-hydrogen) atoms. The van der Waals surface area contributed by atoms with E-state index in [1.165, 1.54) is 71.1 Å². The first-order chi connectivity index (χ1) is 8.76. The molecular formula is C16H34N2. The van der Waals surface area contributed by atoms with Gasteiger partial charge in [-0.15, -0.1) is 0 Å². The lowest BCUT2D eigenvalue weighted by molar-refractivity contribution is 0.196. The molecule has 108 valence electrons. The molecule has 0 amide bonds. The molecule has 0 aromatic heterocycles. The van der Waals surface area contributed by atoms with Gasteiger partial charge in [-0.25, -0.2) is 0 Å². The maximum absolute atomic E-state index is 3.77. The van der Waals surface area contributed by atoms with Crippen molar-refractivity contribution in [3.8, 4) is 0 Å². The van der Waals surface area contributed by atoms with Crippen LogP contribution in [0.3, 0.4) is 0 Å². The molecule has 0 spiro atoms. The highest BCUT2D eigenvalue weighted by molar-refractivity contribution is 4.71. The predicted molar refractivity (Wildman–Crippen MR) is 81.1 cm³/mol. The van der Waals surface area contributed by atoms with Crippen molar-refractivity contribution < 1.29 is 0 Å². The van der Waals surface area contributed by atoms with Gasteiger partial charge in [-0.3, -0.25) is 0 Å². The monoisotopic (exact) mass is 254 g/mol. The van der Waals surface area contributed by atoms with Crippen molar-refractivity contribution in [1.29, 1.82) is 0 Å². The Labute approximate surface area is 115 Å². The summed E-state index contributed by atoms with van der Waals surface area (Å²) in [6, 6.07) is 0.744. The maximum Gasteiger partial charge on any atom is 0.00645 e. The highest BCUT2D eigenvalue weighted by Crippen LogP contribution is 2.11. The second kappa shape index (κ2) is 9.80. The Kier molecular flexibility index (Phi) is 8.70. The van der Waals surface area contributed by atoms with Gasteiger partial charge in [0.15, 0.2) is 0 Å². The van der Waals surface area contributed by atoms with Gasteiger partial charge in [0.2, 0.25) is 0 Å². The highest BCUT2D eigenvalue weighted by Gasteiger charge is 2.14. The SMILES string of the molecule is CCCCC(CC)NCC(C)CN1CCCCC1. The van der Waals surface area contributed by atoms with Gasteiger partial charge in [-0.1, -0.05) is 40.0 Å². The smallest absolute Gasteiger partial charge is 0.00645 e. The molecule has 0 aromatic carbocycles. The molecule has 1 N–H and O–H groups in total. The number of nitrogens with one attached hydrogen (secondary N) is 1. The van der Waals surface area contributed by atoms with E-state index < -0.39 is 0 Å². The second-order valence-corrected chi connectivity index (χ2v) is 6.12. The van der Waals surface area contributed by atoms with Crippen molar-refractivity contribution in [3.63, 3.8) is 0 Å². The first kappa shape index (κ1) is 16.0. The summed E-state index contributed by atoms with van der Waals surface area (Å²) in [7, 11) is 0. The third-order valence-electron chi connectivity index (χ3n) is 4.17. The Balaban J connectivity index is 2.11. The molecule has 0 aromatic rings. The molecule has 2 heteroatoms. The fraction of sp³-hybridized carbons (Fsp3) is 1.00. The lowest BCUT2D eigenvalue weighted by atomic mass is 10.0. The van der Waals surface area contributed by atoms with Crippen LogP contribution in [0.2, 0.25) is 0 Å². The fourth-order valence-corrected chi connectivity index (χ4v) is 2.92. The lowest BCUT2D eigenvalue weighted by Gasteiger charge is -2.30. The lowest BCUT2D eigenvalue weighted by Crippen LogP contribution is -2.39. The van der Waals surface area contributed by atoms with E-state index in [1.54, 1.807) is 0 Å². The minimum Gasteiger partial charge on any atom is -0.314 e. The molecule has 1 rings (SSSR count). The Bertz CT molecular complexity index is 188. The normalized spacial score (nSPS) is 20.8. The number of hydrogen-bond acceptors (Lipinski definition) is 2. The van der Waals surface area contributed by atoms with E-state index >= 15 is 0 Å². The molecule has 0 aliphatic carbocycles. The van der Waals surface area contributed by atoms with Crippen LogP contribution in [0.25, 0.3) is 0 Å². The van der Waals surface area contributed by atoms with Crippen LogP contribution in [0.4, 0.5) is 0 Å². The summed E-state index contributed by atoms with van der Waals surface area (Å²) in [6.45, 7) is 12.1. The van der Waals surface area contributed by atoms with Gasteiger partial charge >= 0.3 is 0 Å². The van der Waals surface area contributed by atoms with E-state index in [1.807, 2.05) is 0 Å². The standard InChI is InChI=1S/C16H34N2/c1-4-6-10-16(5-2)17-13-15(3)14-18-11-8-7-9-12-18/h15-17H,4-14H2,1-3H3. The van der Waals surface area contributed by atoms with Crippen LogP contribution < -0.4 is 5.32 Å². The van der Waals surface area contributed by atoms with Crippen LogP contribution in [0.1, 0.15) is 65.7 Å². The van der Waals surface area contributed by atoms with Crippen molar-refractivity contribution in [2.45, 2.75) is 71.8 Å². The summed E-state index contributed by atoms with van der Waals surface area (Å²) in [5.74, 6) is 0.791. The van der Waals surface area contributed by atoms with Crippen LogP contribution in [0.5, 0.6) is 0 Å². The number of unbranched alkanes of at least 4 members (excludes halogenated alkanes) is 1. The van der Waals surface area contributed by atoms with Gasteiger partial charge in [0.1, 0.15) is 0 Å². The third-order valence-corrected chi connectivity index (χ3v) is 4.17. The average Bonchev–Trinajstić information content (AvgIpc) is 2.40. The Hall–Kier alpha value is -0.0800. The van der Waals surface area contributed by atoms with Crippen molar-refractivity contribution in [2.75, 3.05) is 26.2 Å². The van der Waals surface area contributed by atoms with E-state index in [0.717, 1.165) is 12.0 Å². The van der Waals surface area contributed by atoms with Crippen LogP contribution in [-0.4, -0.2) is 37.1 Å². The molecule has 1 heterocycles. The zero-order valence-corrected chi connectivity index (χ0v) is 12.9. The van der Waals surface area contributed by atoms with E-state index in [2.05, 4.69) is 31.0 Å². The second-order valence-electron chi connectivity index (χ2n) is 6.12. The highest BCUT2D eigenvalue weighted by atomic mass is 15.1. The molecule has 2 nitrogen and oxygen atoms in total. The van der Waals surface area contributed by atoms with Crippen LogP contribution in [0, 0.1) is 5.92 Å². The fourth-order valence-electron chi connectivity index (χ4n) is 2.92. The maximum atomic E-state index is 3.77. The molecular weight excluding hydrogens is 220 g/mol. The van der Waals surface area contributed by atoms with Gasteiger partial charge in [0, 0.05) is 12.6 Å². The Morgan fingerprint density at radius 3 is 2.44 bits per heavy atom. The van der Waals surface area contributed by atoms with E-state index in [0.29, 0.717) is 0 Å². The molecule has 1 aliphatic rings. The van der Waals surface area contributed by atoms with Crippen molar-refractivity contribution >= 4 is 0 Å². The number of piperidine rings is 1. The van der Waals surface area contributed by atoms with Crippen molar-refractivity contribution in [1.82, 2.24) is 10.2 Å². The van der Waals surface area contributed by atoms with Crippen LogP contribution in [0.15, 0.2) is 0 Å². The van der Waals surface area contributed by atoms with E-state index in [4.69, 9.17) is 0 Å². The summed E-state index contributed by atoms with van der Waals surface area (Å²) in [4.78, 5) is 2.66. The number of nitrogens with zero attached hydrogens (tertiary/aromatic N) is 1. The molecule has 1 saturated heterocycles. The third kappa shape index (κ3) is 6.75. The van der Waals surface area contributed by atoms with E-state index in [-0.39, 0.29) is 0 Å².